The highest BCUT2D eigenvalue weighted by atomic mass is 16.1. The number of carbonyl (C=O) groups excluding carboxylic acids is 1. The molecule has 0 aliphatic carbocycles. The number of ketones is 1. The average Bonchev–Trinajstić information content (AvgIpc) is 2.34. The van der Waals surface area contributed by atoms with Crippen molar-refractivity contribution >= 4 is 5.78 Å². The predicted octanol–water partition coefficient (Wildman–Crippen LogP) is 2.86. The van der Waals surface area contributed by atoms with E-state index in [1.54, 1.807) is 6.92 Å². The molecule has 0 spiro atoms. The van der Waals surface area contributed by atoms with Gasteiger partial charge in [-0.05, 0) is 26.8 Å². The number of rotatable bonds is 1. The fraction of sp³-hybridized carbons (Fsp3) is 0.500. The summed E-state index contributed by atoms with van der Waals surface area (Å²) < 4.78 is 0. The van der Waals surface area contributed by atoms with E-state index in [1.807, 2.05) is 33.8 Å². The highest BCUT2D eigenvalue weighted by molar-refractivity contribution is 5.95. The van der Waals surface area contributed by atoms with E-state index >= 15 is 0 Å². The van der Waals surface area contributed by atoms with Crippen molar-refractivity contribution in [1.82, 2.24) is 4.98 Å². The van der Waals surface area contributed by atoms with Crippen LogP contribution in [0.1, 0.15) is 42.5 Å². The second-order valence-corrected chi connectivity index (χ2v) is 2.55. The van der Waals surface area contributed by atoms with Gasteiger partial charge in [-0.15, -0.1) is 0 Å². The van der Waals surface area contributed by atoms with Crippen LogP contribution in [0.3, 0.4) is 0 Å². The summed E-state index contributed by atoms with van der Waals surface area (Å²) in [5, 5.41) is 0. The molecule has 1 N–H and O–H groups in total. The Hall–Kier alpha value is -1.05. The highest BCUT2D eigenvalue weighted by Crippen LogP contribution is 2.08. The summed E-state index contributed by atoms with van der Waals surface area (Å²) in [5.41, 5.74) is 2.81. The first-order valence-corrected chi connectivity index (χ1v) is 4.28. The fourth-order valence-corrected chi connectivity index (χ4v) is 1.09. The monoisotopic (exact) mass is 167 g/mol. The van der Waals surface area contributed by atoms with Gasteiger partial charge in [-0.3, -0.25) is 4.79 Å². The van der Waals surface area contributed by atoms with E-state index in [0.717, 1.165) is 17.0 Å². The van der Waals surface area contributed by atoms with E-state index in [0.29, 0.717) is 0 Å². The Bertz CT molecular complexity index is 261. The van der Waals surface area contributed by atoms with Crippen molar-refractivity contribution in [1.29, 1.82) is 0 Å². The lowest BCUT2D eigenvalue weighted by molar-refractivity contribution is 0.101. The minimum absolute atomic E-state index is 0.127. The van der Waals surface area contributed by atoms with Gasteiger partial charge in [-0.2, -0.15) is 0 Å². The quantitative estimate of drug-likeness (QED) is 0.641. The third-order valence-electron chi connectivity index (χ3n) is 1.53. The Morgan fingerprint density at radius 2 is 1.83 bits per heavy atom. The molecule has 68 valence electrons. The van der Waals surface area contributed by atoms with Crippen LogP contribution in [-0.2, 0) is 0 Å². The number of aromatic nitrogens is 1. The number of H-pyrrole nitrogens is 1. The van der Waals surface area contributed by atoms with Gasteiger partial charge in [0.2, 0.25) is 0 Å². The average molecular weight is 167 g/mol. The third kappa shape index (κ3) is 2.53. The Morgan fingerprint density at radius 1 is 1.33 bits per heavy atom. The van der Waals surface area contributed by atoms with Gasteiger partial charge in [-0.25, -0.2) is 0 Å². The van der Waals surface area contributed by atoms with E-state index in [2.05, 4.69) is 4.98 Å². The molecule has 12 heavy (non-hydrogen) atoms. The summed E-state index contributed by atoms with van der Waals surface area (Å²) in [6.45, 7) is 9.43. The van der Waals surface area contributed by atoms with Crippen LogP contribution < -0.4 is 0 Å². The largest absolute Gasteiger partial charge is 0.362 e. The van der Waals surface area contributed by atoms with Crippen LogP contribution in [0.2, 0.25) is 0 Å². The molecule has 0 unspecified atom stereocenters. The number of hydrogen-bond acceptors (Lipinski definition) is 1. The van der Waals surface area contributed by atoms with Crippen LogP contribution in [0, 0.1) is 13.8 Å². The Labute approximate surface area is 74.0 Å². The lowest BCUT2D eigenvalue weighted by atomic mass is 10.2. The predicted molar refractivity (Wildman–Crippen MR) is 51.6 cm³/mol. The van der Waals surface area contributed by atoms with Gasteiger partial charge in [0.25, 0.3) is 0 Å². The molecular weight excluding hydrogens is 150 g/mol. The molecule has 0 bridgehead atoms. The van der Waals surface area contributed by atoms with Gasteiger partial charge in [-0.1, -0.05) is 13.8 Å². The van der Waals surface area contributed by atoms with Crippen LogP contribution in [0.25, 0.3) is 0 Å². The zero-order valence-electron chi connectivity index (χ0n) is 8.49. The maximum Gasteiger partial charge on any atom is 0.161 e. The van der Waals surface area contributed by atoms with Gasteiger partial charge in [0, 0.05) is 17.0 Å². The van der Waals surface area contributed by atoms with Gasteiger partial charge in [0.05, 0.1) is 0 Å². The van der Waals surface area contributed by atoms with Crippen molar-refractivity contribution in [3.8, 4) is 0 Å². The molecule has 0 aliphatic heterocycles. The smallest absolute Gasteiger partial charge is 0.161 e. The highest BCUT2D eigenvalue weighted by Gasteiger charge is 2.04. The first kappa shape index (κ1) is 11.0. The standard InChI is InChI=1S/C8H11NO.C2H6/c1-5-4-8(7(3)10)6(2)9-5;1-2/h4,9H,1-3H3;1-2H3. The first-order chi connectivity index (χ1) is 5.61. The number of nitrogens with one attached hydrogen (secondary N) is 1. The molecule has 0 amide bonds. The van der Waals surface area contributed by atoms with E-state index in [1.165, 1.54) is 0 Å². The molecule has 0 saturated heterocycles. The van der Waals surface area contributed by atoms with Crippen molar-refractivity contribution < 1.29 is 4.79 Å². The molecule has 0 fully saturated rings. The number of aromatic amines is 1. The maximum absolute atomic E-state index is 10.9. The Morgan fingerprint density at radius 3 is 2.00 bits per heavy atom. The second-order valence-electron chi connectivity index (χ2n) is 2.55. The van der Waals surface area contributed by atoms with Gasteiger partial charge in [0.15, 0.2) is 5.78 Å². The molecule has 0 aliphatic rings. The van der Waals surface area contributed by atoms with Crippen molar-refractivity contribution in [3.05, 3.63) is 23.0 Å². The summed E-state index contributed by atoms with van der Waals surface area (Å²) in [4.78, 5) is 13.9. The molecule has 1 heterocycles. The van der Waals surface area contributed by atoms with Crippen LogP contribution in [0.4, 0.5) is 0 Å². The SMILES string of the molecule is CC.CC(=O)c1cc(C)[nH]c1C. The number of carbonyl (C=O) groups is 1. The van der Waals surface area contributed by atoms with Crippen LogP contribution >= 0.6 is 0 Å². The number of aryl methyl sites for hydroxylation is 2. The maximum atomic E-state index is 10.9. The van der Waals surface area contributed by atoms with Gasteiger partial charge >= 0.3 is 0 Å². The summed E-state index contributed by atoms with van der Waals surface area (Å²) in [6, 6.07) is 1.87. The molecule has 0 aromatic carbocycles. The van der Waals surface area contributed by atoms with Crippen molar-refractivity contribution in [2.75, 3.05) is 0 Å². The molecule has 1 rings (SSSR count). The van der Waals surface area contributed by atoms with E-state index < -0.39 is 0 Å². The lowest BCUT2D eigenvalue weighted by Crippen LogP contribution is -1.90. The Kier molecular flexibility index (Phi) is 4.34. The van der Waals surface area contributed by atoms with Crippen LogP contribution in [-0.4, -0.2) is 10.8 Å². The molecule has 2 nitrogen and oxygen atoms in total. The minimum atomic E-state index is 0.127. The van der Waals surface area contributed by atoms with Crippen molar-refractivity contribution in [2.45, 2.75) is 34.6 Å². The molecule has 2 heteroatoms. The molecular formula is C10H17NO. The van der Waals surface area contributed by atoms with Gasteiger partial charge in [0.1, 0.15) is 0 Å². The van der Waals surface area contributed by atoms with Gasteiger partial charge < -0.3 is 4.98 Å². The molecule has 1 aromatic rings. The topological polar surface area (TPSA) is 32.9 Å². The molecule has 0 radical (unpaired) electrons. The zero-order chi connectivity index (χ0) is 9.72. The first-order valence-electron chi connectivity index (χ1n) is 4.28. The molecule has 1 aromatic heterocycles. The summed E-state index contributed by atoms with van der Waals surface area (Å²) in [5.74, 6) is 0.127. The van der Waals surface area contributed by atoms with Crippen LogP contribution in [0.15, 0.2) is 6.07 Å². The van der Waals surface area contributed by atoms with Crippen molar-refractivity contribution in [2.24, 2.45) is 0 Å². The molecule has 0 saturated carbocycles. The summed E-state index contributed by atoms with van der Waals surface area (Å²) >= 11 is 0. The normalized spacial score (nSPS) is 8.75. The summed E-state index contributed by atoms with van der Waals surface area (Å²) in [6.07, 6.45) is 0. The number of hydrogen-bond donors (Lipinski definition) is 1. The number of Topliss-reactive ketones (excluding diaryl/α,β-unsaturated/α-hetero) is 1. The fourth-order valence-electron chi connectivity index (χ4n) is 1.09. The van der Waals surface area contributed by atoms with Crippen molar-refractivity contribution in [3.63, 3.8) is 0 Å². The van der Waals surface area contributed by atoms with E-state index in [4.69, 9.17) is 0 Å². The van der Waals surface area contributed by atoms with E-state index in [-0.39, 0.29) is 5.78 Å². The minimum Gasteiger partial charge on any atom is -0.362 e. The Balaban J connectivity index is 0.000000561. The van der Waals surface area contributed by atoms with E-state index in [9.17, 15) is 4.79 Å². The van der Waals surface area contributed by atoms with Crippen LogP contribution in [0.5, 0.6) is 0 Å². The summed E-state index contributed by atoms with van der Waals surface area (Å²) in [7, 11) is 0. The third-order valence-corrected chi connectivity index (χ3v) is 1.53. The second kappa shape index (κ2) is 4.75. The molecule has 0 atom stereocenters. The zero-order valence-corrected chi connectivity index (χ0v) is 8.49. The lowest BCUT2D eigenvalue weighted by Gasteiger charge is -1.88.